The Labute approximate surface area is 119 Å². The number of rotatable bonds is 9. The van der Waals surface area contributed by atoms with E-state index in [0.29, 0.717) is 5.41 Å². The van der Waals surface area contributed by atoms with Crippen molar-refractivity contribution in [3.05, 3.63) is 0 Å². The summed E-state index contributed by atoms with van der Waals surface area (Å²) in [4.78, 5) is 2.35. The van der Waals surface area contributed by atoms with Crippen LogP contribution in [0.2, 0.25) is 0 Å². The highest BCUT2D eigenvalue weighted by atomic mass is 16.3. The van der Waals surface area contributed by atoms with Crippen molar-refractivity contribution in [2.24, 2.45) is 5.41 Å². The molecule has 0 aliphatic heterocycles. The lowest BCUT2D eigenvalue weighted by Gasteiger charge is -2.37. The first-order valence-electron chi connectivity index (χ1n) is 8.05. The predicted molar refractivity (Wildman–Crippen MR) is 82.5 cm³/mol. The van der Waals surface area contributed by atoms with Crippen LogP contribution in [0.5, 0.6) is 0 Å². The van der Waals surface area contributed by atoms with Crippen LogP contribution in [0.3, 0.4) is 0 Å². The van der Waals surface area contributed by atoms with Gasteiger partial charge in [0.15, 0.2) is 0 Å². The Kier molecular flexibility index (Phi) is 6.78. The van der Waals surface area contributed by atoms with Crippen molar-refractivity contribution in [3.63, 3.8) is 0 Å². The van der Waals surface area contributed by atoms with E-state index in [1.165, 1.54) is 25.7 Å². The predicted octanol–water partition coefficient (Wildman–Crippen LogP) is 2.64. The molecule has 1 unspecified atom stereocenters. The van der Waals surface area contributed by atoms with Crippen LogP contribution in [0, 0.1) is 5.41 Å². The summed E-state index contributed by atoms with van der Waals surface area (Å²) in [6, 6.07) is 0. The molecule has 0 radical (unpaired) electrons. The first-order chi connectivity index (χ1) is 8.93. The molecule has 1 saturated carbocycles. The van der Waals surface area contributed by atoms with Gasteiger partial charge in [0.2, 0.25) is 0 Å². The molecule has 19 heavy (non-hydrogen) atoms. The van der Waals surface area contributed by atoms with Gasteiger partial charge in [-0.1, -0.05) is 40.0 Å². The summed E-state index contributed by atoms with van der Waals surface area (Å²) in [5.41, 5.74) is -0.103. The lowest BCUT2D eigenvalue weighted by atomic mass is 9.84. The summed E-state index contributed by atoms with van der Waals surface area (Å²) < 4.78 is 0. The van der Waals surface area contributed by atoms with Gasteiger partial charge in [-0.2, -0.15) is 0 Å². The molecule has 1 aliphatic carbocycles. The van der Waals surface area contributed by atoms with E-state index in [1.807, 2.05) is 0 Å². The molecule has 0 saturated heterocycles. The first-order valence-corrected chi connectivity index (χ1v) is 8.05. The zero-order chi connectivity index (χ0) is 14.4. The van der Waals surface area contributed by atoms with Crippen molar-refractivity contribution in [2.45, 2.75) is 64.9 Å². The van der Waals surface area contributed by atoms with Gasteiger partial charge < -0.3 is 15.3 Å². The van der Waals surface area contributed by atoms with Gasteiger partial charge in [0.05, 0.1) is 5.60 Å². The zero-order valence-electron chi connectivity index (χ0n) is 13.5. The van der Waals surface area contributed by atoms with Gasteiger partial charge in [-0.05, 0) is 38.3 Å². The minimum Gasteiger partial charge on any atom is -0.389 e. The van der Waals surface area contributed by atoms with Crippen LogP contribution in [0.15, 0.2) is 0 Å². The molecule has 0 amide bonds. The molecular formula is C16H34N2O. The largest absolute Gasteiger partial charge is 0.389 e. The maximum absolute atomic E-state index is 10.5. The molecule has 114 valence electrons. The third kappa shape index (κ3) is 5.80. The van der Waals surface area contributed by atoms with Crippen LogP contribution in [-0.2, 0) is 0 Å². The molecule has 0 aromatic heterocycles. The molecule has 1 atom stereocenters. The van der Waals surface area contributed by atoms with E-state index < -0.39 is 5.60 Å². The fourth-order valence-electron chi connectivity index (χ4n) is 3.65. The Morgan fingerprint density at radius 1 is 1.26 bits per heavy atom. The summed E-state index contributed by atoms with van der Waals surface area (Å²) in [5, 5.41) is 14.0. The third-order valence-corrected chi connectivity index (χ3v) is 4.41. The van der Waals surface area contributed by atoms with Crippen molar-refractivity contribution in [3.8, 4) is 0 Å². The molecule has 0 bridgehead atoms. The molecule has 0 aromatic rings. The van der Waals surface area contributed by atoms with E-state index >= 15 is 0 Å². The van der Waals surface area contributed by atoms with E-state index in [4.69, 9.17) is 0 Å². The second-order valence-electron chi connectivity index (χ2n) is 6.94. The molecule has 0 aromatic carbocycles. The number of hydrogen-bond donors (Lipinski definition) is 2. The lowest BCUT2D eigenvalue weighted by molar-refractivity contribution is 0.00599. The fourth-order valence-corrected chi connectivity index (χ4v) is 3.65. The molecule has 3 nitrogen and oxygen atoms in total. The lowest BCUT2D eigenvalue weighted by Crippen LogP contribution is -2.46. The molecule has 0 spiro atoms. The third-order valence-electron chi connectivity index (χ3n) is 4.41. The van der Waals surface area contributed by atoms with Crippen molar-refractivity contribution in [1.29, 1.82) is 0 Å². The van der Waals surface area contributed by atoms with Crippen molar-refractivity contribution in [2.75, 3.05) is 33.2 Å². The van der Waals surface area contributed by atoms with E-state index in [2.05, 4.69) is 38.0 Å². The molecule has 2 N–H and O–H groups in total. The number of nitrogens with zero attached hydrogens (tertiary/aromatic N) is 1. The molecular weight excluding hydrogens is 236 g/mol. The van der Waals surface area contributed by atoms with Crippen LogP contribution < -0.4 is 5.32 Å². The van der Waals surface area contributed by atoms with Crippen LogP contribution in [0.1, 0.15) is 59.3 Å². The molecule has 1 fully saturated rings. The van der Waals surface area contributed by atoms with Gasteiger partial charge in [0.1, 0.15) is 0 Å². The summed E-state index contributed by atoms with van der Waals surface area (Å²) >= 11 is 0. The van der Waals surface area contributed by atoms with Crippen molar-refractivity contribution >= 4 is 0 Å². The summed E-state index contributed by atoms with van der Waals surface area (Å²) in [6.45, 7) is 10.8. The van der Waals surface area contributed by atoms with E-state index in [9.17, 15) is 5.11 Å². The average molecular weight is 270 g/mol. The second kappa shape index (κ2) is 7.61. The highest BCUT2D eigenvalue weighted by Crippen LogP contribution is 2.31. The minimum atomic E-state index is -0.417. The van der Waals surface area contributed by atoms with Crippen molar-refractivity contribution < 1.29 is 5.11 Å². The maximum atomic E-state index is 10.5. The molecule has 1 aliphatic rings. The zero-order valence-corrected chi connectivity index (χ0v) is 13.5. The summed E-state index contributed by atoms with van der Waals surface area (Å²) in [6.07, 6.45) is 6.80. The maximum Gasteiger partial charge on any atom is 0.0774 e. The Hall–Kier alpha value is -0.120. The standard InChI is InChI=1S/C16H34N2O/c1-5-9-15(3,12-17-6-2)13-18(4)14-16(19)10-7-8-11-16/h17,19H,5-14H2,1-4H3. The monoisotopic (exact) mass is 270 g/mol. The van der Waals surface area contributed by atoms with Gasteiger partial charge in [-0.3, -0.25) is 0 Å². The Morgan fingerprint density at radius 2 is 1.89 bits per heavy atom. The SMILES string of the molecule is CCCC(C)(CNCC)CN(C)CC1(O)CCCC1. The molecule has 0 heterocycles. The quantitative estimate of drug-likeness (QED) is 0.676. The minimum absolute atomic E-state index is 0.314. The Bertz CT molecular complexity index is 251. The number of likely N-dealkylation sites (N-methyl/N-ethyl adjacent to an activating group) is 1. The van der Waals surface area contributed by atoms with Gasteiger partial charge in [0, 0.05) is 19.6 Å². The number of nitrogens with one attached hydrogen (secondary N) is 1. The van der Waals surface area contributed by atoms with Gasteiger partial charge in [-0.25, -0.2) is 0 Å². The Morgan fingerprint density at radius 3 is 2.42 bits per heavy atom. The van der Waals surface area contributed by atoms with E-state index in [1.54, 1.807) is 0 Å². The second-order valence-corrected chi connectivity index (χ2v) is 6.94. The topological polar surface area (TPSA) is 35.5 Å². The highest BCUT2D eigenvalue weighted by Gasteiger charge is 2.34. The summed E-state index contributed by atoms with van der Waals surface area (Å²) in [5.74, 6) is 0. The van der Waals surface area contributed by atoms with E-state index in [-0.39, 0.29) is 0 Å². The highest BCUT2D eigenvalue weighted by molar-refractivity contribution is 4.88. The van der Waals surface area contributed by atoms with Crippen LogP contribution in [0.4, 0.5) is 0 Å². The van der Waals surface area contributed by atoms with E-state index in [0.717, 1.165) is 39.0 Å². The first kappa shape index (κ1) is 16.9. The summed E-state index contributed by atoms with van der Waals surface area (Å²) in [7, 11) is 2.16. The van der Waals surface area contributed by atoms with Crippen LogP contribution >= 0.6 is 0 Å². The number of aliphatic hydroxyl groups is 1. The van der Waals surface area contributed by atoms with Crippen LogP contribution in [0.25, 0.3) is 0 Å². The average Bonchev–Trinajstić information content (AvgIpc) is 2.73. The van der Waals surface area contributed by atoms with Gasteiger partial charge in [-0.15, -0.1) is 0 Å². The Balaban J connectivity index is 2.47. The van der Waals surface area contributed by atoms with Gasteiger partial charge in [0.25, 0.3) is 0 Å². The smallest absolute Gasteiger partial charge is 0.0774 e. The molecule has 1 rings (SSSR count). The van der Waals surface area contributed by atoms with Crippen molar-refractivity contribution in [1.82, 2.24) is 10.2 Å². The van der Waals surface area contributed by atoms with Crippen LogP contribution in [-0.4, -0.2) is 48.8 Å². The number of hydrogen-bond acceptors (Lipinski definition) is 3. The van der Waals surface area contributed by atoms with Gasteiger partial charge >= 0.3 is 0 Å². The fraction of sp³-hybridized carbons (Fsp3) is 1.00. The normalized spacial score (nSPS) is 21.8. The molecule has 3 heteroatoms.